The minimum Gasteiger partial charge on any atom is -0.444 e. The molecule has 24 heavy (non-hydrogen) atoms. The maximum Gasteiger partial charge on any atom is 0.407 e. The molecule has 6 heteroatoms. The van der Waals surface area contributed by atoms with E-state index in [1.165, 1.54) is 0 Å². The summed E-state index contributed by atoms with van der Waals surface area (Å²) in [6, 6.07) is 9.96. The molecule has 1 N–H and O–H groups in total. The zero-order chi connectivity index (χ0) is 17.8. The van der Waals surface area contributed by atoms with Crippen LogP contribution in [-0.4, -0.2) is 28.4 Å². The molecule has 0 aliphatic heterocycles. The molecule has 0 saturated heterocycles. The Morgan fingerprint density at radius 1 is 1.17 bits per heavy atom. The Morgan fingerprint density at radius 3 is 2.46 bits per heavy atom. The lowest BCUT2D eigenvalue weighted by Crippen LogP contribution is -2.40. The molecular formula is C18H25N3O3. The fourth-order valence-corrected chi connectivity index (χ4v) is 2.06. The number of hydrogen-bond acceptors (Lipinski definition) is 5. The van der Waals surface area contributed by atoms with E-state index in [0.717, 1.165) is 5.56 Å². The van der Waals surface area contributed by atoms with Gasteiger partial charge < -0.3 is 14.6 Å². The normalized spacial score (nSPS) is 12.0. The van der Waals surface area contributed by atoms with E-state index >= 15 is 0 Å². The number of carbonyl (C=O) groups excluding carboxylic acids is 1. The average Bonchev–Trinajstić information content (AvgIpc) is 2.94. The lowest BCUT2D eigenvalue weighted by atomic mass is 9.93. The van der Waals surface area contributed by atoms with E-state index < -0.39 is 17.1 Å². The fraction of sp³-hybridized carbons (Fsp3) is 0.500. The molecule has 2 rings (SSSR count). The van der Waals surface area contributed by atoms with Gasteiger partial charge in [-0.1, -0.05) is 35.5 Å². The van der Waals surface area contributed by atoms with Gasteiger partial charge in [-0.25, -0.2) is 4.79 Å². The Hall–Kier alpha value is -2.37. The molecule has 1 aromatic carbocycles. The molecule has 1 heterocycles. The highest BCUT2D eigenvalue weighted by Gasteiger charge is 2.29. The number of carbonyl (C=O) groups is 1. The van der Waals surface area contributed by atoms with Crippen LogP contribution >= 0.6 is 0 Å². The lowest BCUT2D eigenvalue weighted by Gasteiger charge is -2.23. The number of hydrogen-bond donors (Lipinski definition) is 1. The van der Waals surface area contributed by atoms with Crippen molar-refractivity contribution in [2.45, 2.75) is 52.1 Å². The standard InChI is InChI=1S/C18H25N3O3/c1-17(2,3)23-16(22)19-12-18(4,5)15-20-14(21-24-15)11-13-9-7-6-8-10-13/h6-10H,11-12H2,1-5H3,(H,19,22). The summed E-state index contributed by atoms with van der Waals surface area (Å²) in [4.78, 5) is 16.2. The molecule has 0 fully saturated rings. The Morgan fingerprint density at radius 2 is 1.83 bits per heavy atom. The van der Waals surface area contributed by atoms with Crippen LogP contribution in [0.25, 0.3) is 0 Å². The van der Waals surface area contributed by atoms with Crippen LogP contribution in [0.1, 0.15) is 51.9 Å². The third-order valence-corrected chi connectivity index (χ3v) is 3.33. The van der Waals surface area contributed by atoms with Gasteiger partial charge in [0.05, 0.1) is 5.41 Å². The summed E-state index contributed by atoms with van der Waals surface area (Å²) < 4.78 is 10.6. The van der Waals surface area contributed by atoms with E-state index in [9.17, 15) is 4.79 Å². The first kappa shape index (κ1) is 18.0. The van der Waals surface area contributed by atoms with Crippen molar-refractivity contribution < 1.29 is 14.1 Å². The Labute approximate surface area is 142 Å². The van der Waals surface area contributed by atoms with Crippen molar-refractivity contribution in [2.75, 3.05) is 6.54 Å². The van der Waals surface area contributed by atoms with E-state index in [-0.39, 0.29) is 0 Å². The molecule has 0 radical (unpaired) electrons. The number of nitrogens with zero attached hydrogens (tertiary/aromatic N) is 2. The van der Waals surface area contributed by atoms with Crippen LogP contribution in [0.3, 0.4) is 0 Å². The molecule has 0 bridgehead atoms. The van der Waals surface area contributed by atoms with Gasteiger partial charge in [-0.05, 0) is 40.2 Å². The smallest absolute Gasteiger partial charge is 0.407 e. The summed E-state index contributed by atoms with van der Waals surface area (Å²) in [5, 5.41) is 6.78. The predicted octanol–water partition coefficient (Wildman–Crippen LogP) is 3.46. The van der Waals surface area contributed by atoms with E-state index in [2.05, 4.69) is 15.5 Å². The van der Waals surface area contributed by atoms with E-state index in [1.54, 1.807) is 0 Å². The minimum atomic E-state index is -0.526. The van der Waals surface area contributed by atoms with E-state index in [0.29, 0.717) is 24.7 Å². The van der Waals surface area contributed by atoms with E-state index in [1.807, 2.05) is 65.0 Å². The first-order chi connectivity index (χ1) is 11.2. The van der Waals surface area contributed by atoms with Crippen LogP contribution in [0, 0.1) is 0 Å². The summed E-state index contributed by atoms with van der Waals surface area (Å²) in [5.74, 6) is 1.12. The predicted molar refractivity (Wildman–Crippen MR) is 90.8 cm³/mol. The minimum absolute atomic E-state index is 0.342. The molecular weight excluding hydrogens is 306 g/mol. The van der Waals surface area contributed by atoms with Crippen molar-refractivity contribution in [2.24, 2.45) is 0 Å². The summed E-state index contributed by atoms with van der Waals surface area (Å²) in [6.07, 6.45) is 0.152. The summed E-state index contributed by atoms with van der Waals surface area (Å²) in [5.41, 5.74) is 0.106. The van der Waals surface area contributed by atoms with Crippen molar-refractivity contribution in [1.29, 1.82) is 0 Å². The molecule has 6 nitrogen and oxygen atoms in total. The van der Waals surface area contributed by atoms with Crippen molar-refractivity contribution in [3.05, 3.63) is 47.6 Å². The van der Waals surface area contributed by atoms with Gasteiger partial charge in [0.15, 0.2) is 5.82 Å². The number of rotatable bonds is 5. The molecule has 0 aliphatic rings. The van der Waals surface area contributed by atoms with Crippen LogP contribution in [0.5, 0.6) is 0 Å². The quantitative estimate of drug-likeness (QED) is 0.908. The van der Waals surface area contributed by atoms with Crippen LogP contribution in [0.2, 0.25) is 0 Å². The fourth-order valence-electron chi connectivity index (χ4n) is 2.06. The van der Waals surface area contributed by atoms with Crippen LogP contribution in [0.15, 0.2) is 34.9 Å². The second kappa shape index (κ2) is 7.03. The number of benzene rings is 1. The van der Waals surface area contributed by atoms with Crippen molar-refractivity contribution in [3.8, 4) is 0 Å². The molecule has 0 unspecified atom stereocenters. The Balaban J connectivity index is 1.96. The summed E-state index contributed by atoms with van der Waals surface area (Å²) in [7, 11) is 0. The second-order valence-electron chi connectivity index (χ2n) is 7.42. The van der Waals surface area contributed by atoms with Gasteiger partial charge >= 0.3 is 6.09 Å². The molecule has 130 valence electrons. The molecule has 1 amide bonds. The third kappa shape index (κ3) is 5.37. The Kier molecular flexibility index (Phi) is 5.26. The van der Waals surface area contributed by atoms with Gasteiger partial charge in [0, 0.05) is 13.0 Å². The van der Waals surface area contributed by atoms with Gasteiger partial charge in [-0.3, -0.25) is 0 Å². The molecule has 2 aromatic rings. The number of nitrogens with one attached hydrogen (secondary N) is 1. The zero-order valence-electron chi connectivity index (χ0n) is 14.9. The van der Waals surface area contributed by atoms with E-state index in [4.69, 9.17) is 9.26 Å². The van der Waals surface area contributed by atoms with Crippen molar-refractivity contribution in [1.82, 2.24) is 15.5 Å². The molecule has 0 saturated carbocycles. The monoisotopic (exact) mass is 331 g/mol. The van der Waals surface area contributed by atoms with Gasteiger partial charge in [-0.2, -0.15) is 4.98 Å². The molecule has 1 aromatic heterocycles. The van der Waals surface area contributed by atoms with Crippen LogP contribution < -0.4 is 5.32 Å². The third-order valence-electron chi connectivity index (χ3n) is 3.33. The van der Waals surface area contributed by atoms with Crippen LogP contribution in [-0.2, 0) is 16.6 Å². The zero-order valence-corrected chi connectivity index (χ0v) is 14.9. The first-order valence-electron chi connectivity index (χ1n) is 7.99. The van der Waals surface area contributed by atoms with Crippen LogP contribution in [0.4, 0.5) is 4.79 Å². The highest BCUT2D eigenvalue weighted by molar-refractivity contribution is 5.67. The highest BCUT2D eigenvalue weighted by Crippen LogP contribution is 2.21. The summed E-state index contributed by atoms with van der Waals surface area (Å²) >= 11 is 0. The highest BCUT2D eigenvalue weighted by atomic mass is 16.6. The average molecular weight is 331 g/mol. The Bertz CT molecular complexity index is 672. The first-order valence-corrected chi connectivity index (χ1v) is 7.99. The van der Waals surface area contributed by atoms with Gasteiger partial charge in [0.2, 0.25) is 5.89 Å². The summed E-state index contributed by atoms with van der Waals surface area (Å²) in [6.45, 7) is 9.69. The molecule has 0 aliphatic carbocycles. The largest absolute Gasteiger partial charge is 0.444 e. The lowest BCUT2D eigenvalue weighted by molar-refractivity contribution is 0.0514. The number of alkyl carbamates (subject to hydrolysis) is 1. The number of ether oxygens (including phenoxy) is 1. The maximum atomic E-state index is 11.8. The maximum absolute atomic E-state index is 11.8. The van der Waals surface area contributed by atoms with Crippen molar-refractivity contribution >= 4 is 6.09 Å². The second-order valence-corrected chi connectivity index (χ2v) is 7.42. The SMILES string of the molecule is CC(C)(C)OC(=O)NCC(C)(C)c1nc(Cc2ccccc2)no1. The van der Waals surface area contributed by atoms with Crippen molar-refractivity contribution in [3.63, 3.8) is 0 Å². The number of aromatic nitrogens is 2. The van der Waals surface area contributed by atoms with Gasteiger partial charge in [0.1, 0.15) is 5.60 Å². The van der Waals surface area contributed by atoms with Gasteiger partial charge in [0.25, 0.3) is 0 Å². The topological polar surface area (TPSA) is 77.2 Å². The molecule has 0 atom stereocenters. The molecule has 0 spiro atoms. The van der Waals surface area contributed by atoms with Gasteiger partial charge in [-0.15, -0.1) is 0 Å². The number of amides is 1.